The smallest absolute Gasteiger partial charge is 0.340 e. The Labute approximate surface area is 210 Å². The van der Waals surface area contributed by atoms with E-state index in [1.165, 1.54) is 35.2 Å². The summed E-state index contributed by atoms with van der Waals surface area (Å²) >= 11 is 0. The Morgan fingerprint density at radius 2 is 1.59 bits per heavy atom. The number of hydrogen-bond donors (Lipinski definition) is 1. The number of esters is 1. The summed E-state index contributed by atoms with van der Waals surface area (Å²) in [6.45, 7) is 0.106. The fourth-order valence-corrected chi connectivity index (χ4v) is 4.21. The maximum atomic E-state index is 13.9. The molecule has 0 radical (unpaired) electrons. The molecule has 0 unspecified atom stereocenters. The summed E-state index contributed by atoms with van der Waals surface area (Å²) in [6, 6.07) is 21.3. The van der Waals surface area contributed by atoms with Crippen molar-refractivity contribution >= 4 is 23.5 Å². The molecule has 1 amide bonds. The highest BCUT2D eigenvalue weighted by molar-refractivity contribution is 6.13. The number of fused-ring (bicyclic) bond motifs is 1. The molecule has 8 heteroatoms. The number of rotatable bonds is 6. The number of ether oxygens (including phenoxy) is 1. The monoisotopic (exact) mass is 499 g/mol. The first kappa shape index (κ1) is 23.9. The topological polar surface area (TPSA) is 83.9 Å². The van der Waals surface area contributed by atoms with Crippen LogP contribution in [0, 0.1) is 11.6 Å². The molecule has 1 heterocycles. The number of carboxylic acid groups (broad SMARTS) is 1. The molecule has 0 aromatic heterocycles. The second-order valence-electron chi connectivity index (χ2n) is 8.49. The van der Waals surface area contributed by atoms with Crippen LogP contribution in [0.1, 0.15) is 42.2 Å². The largest absolute Gasteiger partial charge is 0.478 e. The summed E-state index contributed by atoms with van der Waals surface area (Å²) in [5.41, 5.74) is 2.65. The van der Waals surface area contributed by atoms with Crippen LogP contribution in [0.5, 0.6) is 0 Å². The Bertz CT molecular complexity index is 1550. The SMILES string of the molecule is O=C(O)c1ccc2c(c1)C(=O)N(c1cc(-c3ccc(F)c(F)c3)ccc1C(=O)OCc1ccccc1)C2. The molecule has 184 valence electrons. The van der Waals surface area contributed by atoms with Crippen molar-refractivity contribution in [3.63, 3.8) is 0 Å². The van der Waals surface area contributed by atoms with Crippen molar-refractivity contribution in [2.24, 2.45) is 0 Å². The van der Waals surface area contributed by atoms with Gasteiger partial charge in [-0.1, -0.05) is 48.5 Å². The fraction of sp³-hybridized carbons (Fsp3) is 0.0690. The zero-order valence-corrected chi connectivity index (χ0v) is 19.3. The molecular formula is C29H19F2NO5. The van der Waals surface area contributed by atoms with Crippen LogP contribution in [0.4, 0.5) is 14.5 Å². The number of benzene rings is 4. The van der Waals surface area contributed by atoms with E-state index in [1.54, 1.807) is 24.3 Å². The standard InChI is InChI=1S/C29H19F2NO5/c30-24-11-9-18(13-25(24)31)19-8-10-22(29(36)37-16-17-4-2-1-3-5-17)26(14-19)32-15-21-7-6-20(28(34)35)12-23(21)27(32)33/h1-14H,15-16H2,(H,34,35). The van der Waals surface area contributed by atoms with Crippen molar-refractivity contribution in [2.75, 3.05) is 4.90 Å². The predicted molar refractivity (Wildman–Crippen MR) is 131 cm³/mol. The molecule has 0 atom stereocenters. The molecule has 0 bridgehead atoms. The maximum Gasteiger partial charge on any atom is 0.340 e. The van der Waals surface area contributed by atoms with Crippen molar-refractivity contribution < 1.29 is 33.0 Å². The van der Waals surface area contributed by atoms with Gasteiger partial charge < -0.3 is 14.7 Å². The zero-order chi connectivity index (χ0) is 26.1. The Balaban J connectivity index is 1.54. The molecule has 0 fully saturated rings. The van der Waals surface area contributed by atoms with Gasteiger partial charge in [0.2, 0.25) is 0 Å². The minimum Gasteiger partial charge on any atom is -0.478 e. The Hall–Kier alpha value is -4.85. The molecule has 1 N–H and O–H groups in total. The number of halogens is 2. The second-order valence-corrected chi connectivity index (χ2v) is 8.49. The van der Waals surface area contributed by atoms with Crippen LogP contribution in [0.3, 0.4) is 0 Å². The molecular weight excluding hydrogens is 480 g/mol. The maximum absolute atomic E-state index is 13.9. The van der Waals surface area contributed by atoms with Gasteiger partial charge in [-0.15, -0.1) is 0 Å². The summed E-state index contributed by atoms with van der Waals surface area (Å²) in [4.78, 5) is 39.2. The van der Waals surface area contributed by atoms with E-state index in [-0.39, 0.29) is 35.5 Å². The summed E-state index contributed by atoms with van der Waals surface area (Å²) in [6.07, 6.45) is 0. The highest BCUT2D eigenvalue weighted by Gasteiger charge is 2.32. The van der Waals surface area contributed by atoms with Crippen LogP contribution >= 0.6 is 0 Å². The highest BCUT2D eigenvalue weighted by atomic mass is 19.2. The number of carbonyl (C=O) groups is 3. The first-order valence-corrected chi connectivity index (χ1v) is 11.3. The third-order valence-electron chi connectivity index (χ3n) is 6.13. The van der Waals surface area contributed by atoms with Crippen molar-refractivity contribution in [2.45, 2.75) is 13.2 Å². The molecule has 1 aliphatic heterocycles. The Morgan fingerprint density at radius 3 is 2.32 bits per heavy atom. The van der Waals surface area contributed by atoms with E-state index in [2.05, 4.69) is 0 Å². The van der Waals surface area contributed by atoms with Gasteiger partial charge in [0.05, 0.1) is 23.4 Å². The van der Waals surface area contributed by atoms with Gasteiger partial charge in [-0.3, -0.25) is 4.79 Å². The molecule has 1 aliphatic rings. The van der Waals surface area contributed by atoms with Gasteiger partial charge in [0.15, 0.2) is 11.6 Å². The summed E-state index contributed by atoms with van der Waals surface area (Å²) < 4.78 is 32.9. The van der Waals surface area contributed by atoms with Crippen molar-refractivity contribution in [1.82, 2.24) is 0 Å². The van der Waals surface area contributed by atoms with Crippen molar-refractivity contribution in [1.29, 1.82) is 0 Å². The Kier molecular flexibility index (Phi) is 6.23. The molecule has 5 rings (SSSR count). The van der Waals surface area contributed by atoms with Crippen LogP contribution in [0.2, 0.25) is 0 Å². The first-order valence-electron chi connectivity index (χ1n) is 11.3. The summed E-state index contributed by atoms with van der Waals surface area (Å²) in [5, 5.41) is 9.32. The van der Waals surface area contributed by atoms with E-state index in [0.29, 0.717) is 16.7 Å². The van der Waals surface area contributed by atoms with Crippen LogP contribution < -0.4 is 4.90 Å². The third kappa shape index (κ3) is 4.69. The number of anilines is 1. The number of nitrogens with zero attached hydrogens (tertiary/aromatic N) is 1. The van der Waals surface area contributed by atoms with Crippen LogP contribution in [-0.4, -0.2) is 23.0 Å². The number of amides is 1. The second kappa shape index (κ2) is 9.66. The van der Waals surface area contributed by atoms with Crippen LogP contribution in [0.15, 0.2) is 84.9 Å². The number of hydrogen-bond acceptors (Lipinski definition) is 4. The normalized spacial score (nSPS) is 12.4. The number of carbonyl (C=O) groups excluding carboxylic acids is 2. The van der Waals surface area contributed by atoms with Gasteiger partial charge in [-0.2, -0.15) is 0 Å². The lowest BCUT2D eigenvalue weighted by Crippen LogP contribution is -2.25. The lowest BCUT2D eigenvalue weighted by atomic mass is 10.0. The molecule has 37 heavy (non-hydrogen) atoms. The quantitative estimate of drug-likeness (QED) is 0.337. The number of carboxylic acids is 1. The van der Waals surface area contributed by atoms with Crippen molar-refractivity contribution in [3.05, 3.63) is 124 Å². The zero-order valence-electron chi connectivity index (χ0n) is 19.3. The molecule has 0 spiro atoms. The minimum atomic E-state index is -1.17. The highest BCUT2D eigenvalue weighted by Crippen LogP contribution is 2.35. The average Bonchev–Trinajstić information content (AvgIpc) is 3.24. The molecule has 0 aliphatic carbocycles. The van der Waals surface area contributed by atoms with E-state index in [0.717, 1.165) is 17.7 Å². The predicted octanol–water partition coefficient (Wildman–Crippen LogP) is 5.85. The van der Waals surface area contributed by atoms with Gasteiger partial charge in [-0.25, -0.2) is 18.4 Å². The van der Waals surface area contributed by atoms with E-state index >= 15 is 0 Å². The van der Waals surface area contributed by atoms with Gasteiger partial charge >= 0.3 is 11.9 Å². The van der Waals surface area contributed by atoms with Gasteiger partial charge in [0.25, 0.3) is 5.91 Å². The fourth-order valence-electron chi connectivity index (χ4n) is 4.21. The van der Waals surface area contributed by atoms with E-state index in [9.17, 15) is 28.3 Å². The van der Waals surface area contributed by atoms with Gasteiger partial charge in [0.1, 0.15) is 6.61 Å². The van der Waals surface area contributed by atoms with E-state index in [4.69, 9.17) is 4.74 Å². The van der Waals surface area contributed by atoms with Gasteiger partial charge in [0, 0.05) is 5.56 Å². The lowest BCUT2D eigenvalue weighted by molar-refractivity contribution is 0.0473. The number of aromatic carboxylic acids is 1. The molecule has 4 aromatic rings. The van der Waals surface area contributed by atoms with Crippen LogP contribution in [0.25, 0.3) is 11.1 Å². The van der Waals surface area contributed by atoms with Crippen molar-refractivity contribution in [3.8, 4) is 11.1 Å². The lowest BCUT2D eigenvalue weighted by Gasteiger charge is -2.20. The molecule has 4 aromatic carbocycles. The first-order chi connectivity index (χ1) is 17.8. The summed E-state index contributed by atoms with van der Waals surface area (Å²) in [7, 11) is 0. The molecule has 0 saturated carbocycles. The third-order valence-corrected chi connectivity index (χ3v) is 6.13. The Morgan fingerprint density at radius 1 is 0.865 bits per heavy atom. The molecule has 0 saturated heterocycles. The van der Waals surface area contributed by atoms with E-state index in [1.807, 2.05) is 18.2 Å². The summed E-state index contributed by atoms with van der Waals surface area (Å²) in [5.74, 6) is -4.36. The molecule has 6 nitrogen and oxygen atoms in total. The average molecular weight is 499 g/mol. The minimum absolute atomic E-state index is 0.0141. The van der Waals surface area contributed by atoms with Gasteiger partial charge in [-0.05, 0) is 58.7 Å². The van der Waals surface area contributed by atoms with E-state index < -0.39 is 29.5 Å². The van der Waals surface area contributed by atoms with Crippen LogP contribution in [-0.2, 0) is 17.9 Å².